The van der Waals surface area contributed by atoms with Crippen molar-refractivity contribution in [1.82, 2.24) is 4.90 Å². The number of furan rings is 1. The van der Waals surface area contributed by atoms with Crippen molar-refractivity contribution in [3.8, 4) is 0 Å². The van der Waals surface area contributed by atoms with Crippen molar-refractivity contribution in [1.29, 1.82) is 0 Å². The molecule has 4 heteroatoms. The van der Waals surface area contributed by atoms with Crippen LogP contribution in [0.15, 0.2) is 41.0 Å². The van der Waals surface area contributed by atoms with Crippen LogP contribution in [0.5, 0.6) is 0 Å². The smallest absolute Gasteiger partial charge is 0.289 e. The molecule has 18 heavy (non-hydrogen) atoms. The summed E-state index contributed by atoms with van der Waals surface area (Å²) < 4.78 is 5.19. The molecule has 0 aliphatic heterocycles. The minimum absolute atomic E-state index is 0.138. The van der Waals surface area contributed by atoms with Crippen molar-refractivity contribution in [2.24, 2.45) is 0 Å². The largest absolute Gasteiger partial charge is 0.459 e. The average Bonchev–Trinajstić information content (AvgIpc) is 2.77. The summed E-state index contributed by atoms with van der Waals surface area (Å²) in [6.45, 7) is 2.31. The number of amides is 1. The van der Waals surface area contributed by atoms with Crippen LogP contribution in [-0.2, 0) is 6.54 Å². The first kappa shape index (κ1) is 12.2. The second-order valence-electron chi connectivity index (χ2n) is 4.29. The molecule has 2 aromatic rings. The second kappa shape index (κ2) is 4.96. The molecule has 0 spiro atoms. The summed E-state index contributed by atoms with van der Waals surface area (Å²) in [5.41, 5.74) is 8.31. The third-order valence-corrected chi connectivity index (χ3v) is 2.87. The number of nitrogen functional groups attached to an aromatic ring is 1. The molecule has 0 radical (unpaired) electrons. The number of nitrogens with zero attached hydrogens (tertiary/aromatic N) is 1. The number of rotatable bonds is 3. The SMILES string of the molecule is Cc1ccoc1C(=O)N(C)Cc1ccccc1N. The number of carbonyl (C=O) groups is 1. The van der Waals surface area contributed by atoms with Gasteiger partial charge in [-0.1, -0.05) is 18.2 Å². The van der Waals surface area contributed by atoms with Gasteiger partial charge in [0.15, 0.2) is 5.76 Å². The number of anilines is 1. The van der Waals surface area contributed by atoms with Gasteiger partial charge in [-0.2, -0.15) is 0 Å². The van der Waals surface area contributed by atoms with Gasteiger partial charge in [0.1, 0.15) is 0 Å². The van der Waals surface area contributed by atoms with E-state index in [-0.39, 0.29) is 5.91 Å². The topological polar surface area (TPSA) is 59.5 Å². The molecule has 1 aromatic heterocycles. The maximum atomic E-state index is 12.1. The van der Waals surface area contributed by atoms with E-state index in [0.717, 1.165) is 11.1 Å². The van der Waals surface area contributed by atoms with Gasteiger partial charge >= 0.3 is 0 Å². The Labute approximate surface area is 106 Å². The zero-order valence-electron chi connectivity index (χ0n) is 10.5. The number of carbonyl (C=O) groups excluding carboxylic acids is 1. The fourth-order valence-corrected chi connectivity index (χ4v) is 1.77. The molecule has 0 saturated heterocycles. The number of benzene rings is 1. The van der Waals surface area contributed by atoms with E-state index in [0.29, 0.717) is 18.0 Å². The van der Waals surface area contributed by atoms with Crippen LogP contribution in [0.4, 0.5) is 5.69 Å². The molecule has 94 valence electrons. The van der Waals surface area contributed by atoms with Gasteiger partial charge in [-0.05, 0) is 24.6 Å². The third kappa shape index (κ3) is 2.37. The van der Waals surface area contributed by atoms with Gasteiger partial charge in [0, 0.05) is 24.8 Å². The maximum absolute atomic E-state index is 12.1. The predicted octanol–water partition coefficient (Wildman–Crippen LogP) is 2.44. The van der Waals surface area contributed by atoms with E-state index in [1.165, 1.54) is 6.26 Å². The van der Waals surface area contributed by atoms with Crippen molar-refractivity contribution < 1.29 is 9.21 Å². The lowest BCUT2D eigenvalue weighted by Gasteiger charge is -2.17. The molecule has 0 bridgehead atoms. The number of aryl methyl sites for hydroxylation is 1. The maximum Gasteiger partial charge on any atom is 0.289 e. The Morgan fingerprint density at radius 2 is 2.06 bits per heavy atom. The standard InChI is InChI=1S/C14H16N2O2/c1-10-7-8-18-13(10)14(17)16(2)9-11-5-3-4-6-12(11)15/h3-8H,9,15H2,1-2H3. The molecule has 0 aliphatic rings. The molecular weight excluding hydrogens is 228 g/mol. The van der Waals surface area contributed by atoms with Crippen molar-refractivity contribution in [2.45, 2.75) is 13.5 Å². The molecule has 2 rings (SSSR count). The lowest BCUT2D eigenvalue weighted by atomic mass is 10.1. The highest BCUT2D eigenvalue weighted by Crippen LogP contribution is 2.16. The van der Waals surface area contributed by atoms with E-state index in [9.17, 15) is 4.79 Å². The number of hydrogen-bond donors (Lipinski definition) is 1. The van der Waals surface area contributed by atoms with E-state index >= 15 is 0 Å². The lowest BCUT2D eigenvalue weighted by molar-refractivity contribution is 0.0753. The van der Waals surface area contributed by atoms with E-state index in [1.807, 2.05) is 31.2 Å². The van der Waals surface area contributed by atoms with Crippen molar-refractivity contribution in [3.63, 3.8) is 0 Å². The Balaban J connectivity index is 2.14. The highest BCUT2D eigenvalue weighted by atomic mass is 16.3. The van der Waals surface area contributed by atoms with E-state index in [4.69, 9.17) is 10.2 Å². The zero-order chi connectivity index (χ0) is 13.1. The molecule has 1 heterocycles. The van der Waals surface area contributed by atoms with Gasteiger partial charge in [0.25, 0.3) is 5.91 Å². The Morgan fingerprint density at radius 3 is 2.67 bits per heavy atom. The van der Waals surface area contributed by atoms with Crippen molar-refractivity contribution >= 4 is 11.6 Å². The van der Waals surface area contributed by atoms with Crippen LogP contribution in [0.3, 0.4) is 0 Å². The molecule has 0 atom stereocenters. The van der Waals surface area contributed by atoms with Crippen LogP contribution in [-0.4, -0.2) is 17.9 Å². The van der Waals surface area contributed by atoms with Gasteiger partial charge in [-0.3, -0.25) is 4.79 Å². The number of para-hydroxylation sites is 1. The van der Waals surface area contributed by atoms with Gasteiger partial charge in [0.05, 0.1) is 6.26 Å². The van der Waals surface area contributed by atoms with Gasteiger partial charge < -0.3 is 15.1 Å². The summed E-state index contributed by atoms with van der Waals surface area (Å²) in [5.74, 6) is 0.243. The summed E-state index contributed by atoms with van der Waals surface area (Å²) in [6.07, 6.45) is 1.52. The van der Waals surface area contributed by atoms with Crippen molar-refractivity contribution in [3.05, 3.63) is 53.5 Å². The van der Waals surface area contributed by atoms with E-state index < -0.39 is 0 Å². The molecule has 1 aromatic carbocycles. The van der Waals surface area contributed by atoms with Gasteiger partial charge in [-0.25, -0.2) is 0 Å². The molecule has 0 saturated carbocycles. The number of nitrogens with two attached hydrogens (primary N) is 1. The van der Waals surface area contributed by atoms with E-state index in [1.54, 1.807) is 18.0 Å². The monoisotopic (exact) mass is 244 g/mol. The van der Waals surface area contributed by atoms with Gasteiger partial charge in [-0.15, -0.1) is 0 Å². The fourth-order valence-electron chi connectivity index (χ4n) is 1.77. The Kier molecular flexibility index (Phi) is 3.37. The quantitative estimate of drug-likeness (QED) is 0.844. The summed E-state index contributed by atoms with van der Waals surface area (Å²) >= 11 is 0. The molecule has 2 N–H and O–H groups in total. The highest BCUT2D eigenvalue weighted by molar-refractivity contribution is 5.92. The summed E-state index contributed by atoms with van der Waals surface area (Å²) in [5, 5.41) is 0. The first-order chi connectivity index (χ1) is 8.59. The summed E-state index contributed by atoms with van der Waals surface area (Å²) in [6, 6.07) is 9.29. The van der Waals surface area contributed by atoms with Gasteiger partial charge in [0.2, 0.25) is 0 Å². The number of hydrogen-bond acceptors (Lipinski definition) is 3. The molecule has 1 amide bonds. The van der Waals surface area contributed by atoms with Crippen LogP contribution in [0, 0.1) is 6.92 Å². The third-order valence-electron chi connectivity index (χ3n) is 2.87. The van der Waals surface area contributed by atoms with Crippen LogP contribution >= 0.6 is 0 Å². The highest BCUT2D eigenvalue weighted by Gasteiger charge is 2.17. The van der Waals surface area contributed by atoms with Crippen LogP contribution < -0.4 is 5.73 Å². The Hall–Kier alpha value is -2.23. The average molecular weight is 244 g/mol. The zero-order valence-corrected chi connectivity index (χ0v) is 10.5. The predicted molar refractivity (Wildman–Crippen MR) is 70.1 cm³/mol. The van der Waals surface area contributed by atoms with E-state index in [2.05, 4.69) is 0 Å². The molecule has 4 nitrogen and oxygen atoms in total. The molecule has 0 unspecified atom stereocenters. The lowest BCUT2D eigenvalue weighted by Crippen LogP contribution is -2.26. The first-order valence-corrected chi connectivity index (χ1v) is 5.72. The van der Waals surface area contributed by atoms with Crippen LogP contribution in [0.2, 0.25) is 0 Å². The van der Waals surface area contributed by atoms with Crippen LogP contribution in [0.25, 0.3) is 0 Å². The van der Waals surface area contributed by atoms with Crippen molar-refractivity contribution in [2.75, 3.05) is 12.8 Å². The second-order valence-corrected chi connectivity index (χ2v) is 4.29. The minimum Gasteiger partial charge on any atom is -0.459 e. The first-order valence-electron chi connectivity index (χ1n) is 5.72. The Bertz CT molecular complexity index is 560. The summed E-state index contributed by atoms with van der Waals surface area (Å²) in [7, 11) is 1.73. The summed E-state index contributed by atoms with van der Waals surface area (Å²) in [4.78, 5) is 13.7. The fraction of sp³-hybridized carbons (Fsp3) is 0.214. The van der Waals surface area contributed by atoms with Crippen LogP contribution in [0.1, 0.15) is 21.7 Å². The molecular formula is C14H16N2O2. The molecule has 0 aliphatic carbocycles. The minimum atomic E-state index is -0.138. The Morgan fingerprint density at radius 1 is 1.33 bits per heavy atom. The molecule has 0 fully saturated rings. The normalized spacial score (nSPS) is 10.3.